The van der Waals surface area contributed by atoms with Crippen molar-refractivity contribution in [3.05, 3.63) is 59.4 Å². The van der Waals surface area contributed by atoms with Crippen LogP contribution in [0.3, 0.4) is 0 Å². The summed E-state index contributed by atoms with van der Waals surface area (Å²) in [7, 11) is 1.54. The fourth-order valence-corrected chi connectivity index (χ4v) is 1.71. The van der Waals surface area contributed by atoms with Gasteiger partial charge in [-0.1, -0.05) is 23.4 Å². The average Bonchev–Trinajstić information content (AvgIpc) is 2.48. The highest BCUT2D eigenvalue weighted by atomic mass is 19.1. The summed E-state index contributed by atoms with van der Waals surface area (Å²) in [5.41, 5.74) is 1.02. The van der Waals surface area contributed by atoms with Gasteiger partial charge in [-0.3, -0.25) is 0 Å². The molecule has 0 radical (unpaired) electrons. The van der Waals surface area contributed by atoms with Gasteiger partial charge < -0.3 is 14.7 Å². The molecule has 0 heterocycles. The van der Waals surface area contributed by atoms with Crippen molar-refractivity contribution in [1.82, 2.24) is 0 Å². The first kappa shape index (κ1) is 13.9. The highest BCUT2D eigenvalue weighted by molar-refractivity contribution is 5.83. The number of benzene rings is 2. The van der Waals surface area contributed by atoms with Crippen molar-refractivity contribution in [2.45, 2.75) is 6.61 Å². The Kier molecular flexibility index (Phi) is 4.55. The summed E-state index contributed by atoms with van der Waals surface area (Å²) >= 11 is 0. The Morgan fingerprint density at radius 1 is 1.25 bits per heavy atom. The van der Waals surface area contributed by atoms with Gasteiger partial charge in [0.2, 0.25) is 0 Å². The molecule has 104 valence electrons. The van der Waals surface area contributed by atoms with Crippen LogP contribution in [-0.4, -0.2) is 18.5 Å². The van der Waals surface area contributed by atoms with Gasteiger partial charge in [0.15, 0.2) is 0 Å². The van der Waals surface area contributed by atoms with Crippen molar-refractivity contribution in [3.8, 4) is 11.5 Å². The van der Waals surface area contributed by atoms with Crippen LogP contribution in [0.2, 0.25) is 0 Å². The Hall–Kier alpha value is -2.56. The van der Waals surface area contributed by atoms with E-state index in [4.69, 9.17) is 14.7 Å². The van der Waals surface area contributed by atoms with E-state index in [2.05, 4.69) is 5.16 Å². The predicted octanol–water partition coefficient (Wildman–Crippen LogP) is 3.22. The van der Waals surface area contributed by atoms with E-state index >= 15 is 0 Å². The van der Waals surface area contributed by atoms with Crippen LogP contribution in [0, 0.1) is 5.82 Å². The highest BCUT2D eigenvalue weighted by Crippen LogP contribution is 2.24. The van der Waals surface area contributed by atoms with E-state index in [0.29, 0.717) is 22.6 Å². The quantitative estimate of drug-likeness (QED) is 0.518. The molecule has 0 unspecified atom stereocenters. The minimum absolute atomic E-state index is 0.0755. The Balaban J connectivity index is 2.21. The predicted molar refractivity (Wildman–Crippen MR) is 73.1 cm³/mol. The van der Waals surface area contributed by atoms with Crippen molar-refractivity contribution in [3.63, 3.8) is 0 Å². The number of halogens is 1. The number of nitrogens with zero attached hydrogens (tertiary/aromatic N) is 1. The number of rotatable bonds is 5. The summed E-state index contributed by atoms with van der Waals surface area (Å²) in [6.07, 6.45) is 1.25. The highest BCUT2D eigenvalue weighted by Gasteiger charge is 2.07. The first-order valence-corrected chi connectivity index (χ1v) is 5.96. The molecule has 1 N–H and O–H groups in total. The minimum Gasteiger partial charge on any atom is -0.497 e. The summed E-state index contributed by atoms with van der Waals surface area (Å²) in [4.78, 5) is 0. The van der Waals surface area contributed by atoms with E-state index in [1.54, 1.807) is 36.4 Å². The van der Waals surface area contributed by atoms with Gasteiger partial charge in [0, 0.05) is 17.2 Å². The standard InChI is InChI=1S/C15H14FNO3/c1-19-13-7-6-11(9-17-18)15(8-13)20-10-12-4-2-3-5-14(12)16/h2-9,18H,10H2,1H3. The summed E-state index contributed by atoms with van der Waals surface area (Å²) in [6, 6.07) is 11.4. The third kappa shape index (κ3) is 3.26. The summed E-state index contributed by atoms with van der Waals surface area (Å²) in [5.74, 6) is 0.724. The molecule has 0 atom stereocenters. The molecule has 0 saturated heterocycles. The van der Waals surface area contributed by atoms with Gasteiger partial charge in [-0.2, -0.15) is 0 Å². The van der Waals surface area contributed by atoms with E-state index < -0.39 is 0 Å². The molecule has 4 nitrogen and oxygen atoms in total. The molecule has 2 aromatic carbocycles. The SMILES string of the molecule is COc1ccc(C=NO)c(OCc2ccccc2F)c1. The molecule has 2 aromatic rings. The van der Waals surface area contributed by atoms with Crippen LogP contribution >= 0.6 is 0 Å². The lowest BCUT2D eigenvalue weighted by molar-refractivity contribution is 0.296. The minimum atomic E-state index is -0.326. The Morgan fingerprint density at radius 2 is 2.05 bits per heavy atom. The van der Waals surface area contributed by atoms with Gasteiger partial charge in [-0.15, -0.1) is 0 Å². The lowest BCUT2D eigenvalue weighted by Gasteiger charge is -2.11. The number of hydrogen-bond acceptors (Lipinski definition) is 4. The van der Waals surface area contributed by atoms with E-state index in [1.165, 1.54) is 19.4 Å². The topological polar surface area (TPSA) is 51.0 Å². The average molecular weight is 275 g/mol. The van der Waals surface area contributed by atoms with Gasteiger partial charge in [-0.05, 0) is 18.2 Å². The van der Waals surface area contributed by atoms with E-state index in [-0.39, 0.29) is 12.4 Å². The van der Waals surface area contributed by atoms with Crippen LogP contribution in [0.15, 0.2) is 47.6 Å². The third-order valence-corrected chi connectivity index (χ3v) is 2.76. The lowest BCUT2D eigenvalue weighted by Crippen LogP contribution is -2.01. The van der Waals surface area contributed by atoms with Crippen molar-refractivity contribution in [2.75, 3.05) is 7.11 Å². The summed E-state index contributed by atoms with van der Waals surface area (Å²) < 4.78 is 24.2. The fraction of sp³-hybridized carbons (Fsp3) is 0.133. The van der Waals surface area contributed by atoms with Gasteiger partial charge in [0.05, 0.1) is 13.3 Å². The smallest absolute Gasteiger partial charge is 0.132 e. The first-order valence-electron chi connectivity index (χ1n) is 5.96. The van der Waals surface area contributed by atoms with Crippen LogP contribution in [0.25, 0.3) is 0 Å². The zero-order valence-electron chi connectivity index (χ0n) is 10.9. The van der Waals surface area contributed by atoms with Gasteiger partial charge in [0.1, 0.15) is 23.9 Å². The van der Waals surface area contributed by atoms with Crippen LogP contribution in [0.5, 0.6) is 11.5 Å². The normalized spacial score (nSPS) is 10.7. The van der Waals surface area contributed by atoms with E-state index in [0.717, 1.165) is 0 Å². The van der Waals surface area contributed by atoms with Crippen molar-refractivity contribution >= 4 is 6.21 Å². The van der Waals surface area contributed by atoms with Crippen LogP contribution < -0.4 is 9.47 Å². The molecule has 0 fully saturated rings. The second-order valence-electron chi connectivity index (χ2n) is 4.03. The van der Waals surface area contributed by atoms with Gasteiger partial charge in [-0.25, -0.2) is 4.39 Å². The van der Waals surface area contributed by atoms with Crippen LogP contribution in [0.4, 0.5) is 4.39 Å². The maximum Gasteiger partial charge on any atom is 0.132 e. The number of hydrogen-bond donors (Lipinski definition) is 1. The van der Waals surface area contributed by atoms with E-state index in [9.17, 15) is 4.39 Å². The molecule has 20 heavy (non-hydrogen) atoms. The maximum atomic E-state index is 13.5. The molecular formula is C15H14FNO3. The molecule has 0 amide bonds. The fourth-order valence-electron chi connectivity index (χ4n) is 1.71. The van der Waals surface area contributed by atoms with Crippen molar-refractivity contribution < 1.29 is 19.1 Å². The van der Waals surface area contributed by atoms with Crippen LogP contribution in [0.1, 0.15) is 11.1 Å². The Bertz CT molecular complexity index is 614. The molecule has 0 aliphatic rings. The molecule has 0 aliphatic carbocycles. The first-order chi connectivity index (χ1) is 9.74. The molecule has 0 spiro atoms. The second-order valence-corrected chi connectivity index (χ2v) is 4.03. The van der Waals surface area contributed by atoms with E-state index in [1.807, 2.05) is 0 Å². The maximum absolute atomic E-state index is 13.5. The molecule has 0 aromatic heterocycles. The van der Waals surface area contributed by atoms with Crippen molar-refractivity contribution in [1.29, 1.82) is 0 Å². The number of ether oxygens (including phenoxy) is 2. The van der Waals surface area contributed by atoms with Gasteiger partial charge >= 0.3 is 0 Å². The molecule has 0 bridgehead atoms. The molecule has 2 rings (SSSR count). The molecule has 0 saturated carbocycles. The summed E-state index contributed by atoms with van der Waals surface area (Å²) in [6.45, 7) is 0.0755. The molecular weight excluding hydrogens is 261 g/mol. The second kappa shape index (κ2) is 6.56. The molecule has 0 aliphatic heterocycles. The zero-order valence-corrected chi connectivity index (χ0v) is 10.9. The summed E-state index contributed by atoms with van der Waals surface area (Å²) in [5, 5.41) is 11.6. The zero-order chi connectivity index (χ0) is 14.4. The Labute approximate surface area is 116 Å². The van der Waals surface area contributed by atoms with Crippen molar-refractivity contribution in [2.24, 2.45) is 5.16 Å². The van der Waals surface area contributed by atoms with Crippen LogP contribution in [-0.2, 0) is 6.61 Å². The molecule has 5 heteroatoms. The largest absolute Gasteiger partial charge is 0.497 e. The third-order valence-electron chi connectivity index (χ3n) is 2.76. The number of oxime groups is 1. The monoisotopic (exact) mass is 275 g/mol. The number of methoxy groups -OCH3 is 1. The Morgan fingerprint density at radius 3 is 2.75 bits per heavy atom. The lowest BCUT2D eigenvalue weighted by atomic mass is 10.2. The van der Waals surface area contributed by atoms with Gasteiger partial charge in [0.25, 0.3) is 0 Å².